The van der Waals surface area contributed by atoms with Crippen LogP contribution in [-0.2, 0) is 11.0 Å². The molecule has 3 aromatic heterocycles. The number of hydrogen-bond acceptors (Lipinski definition) is 7. The number of carbonyl (C=O) groups is 3. The lowest BCUT2D eigenvalue weighted by Gasteiger charge is -2.23. The molecule has 0 bridgehead atoms. The van der Waals surface area contributed by atoms with E-state index in [2.05, 4.69) is 25.9 Å². The van der Waals surface area contributed by atoms with Crippen molar-refractivity contribution in [1.82, 2.24) is 25.2 Å². The Hall–Kier alpha value is -4.79. The van der Waals surface area contributed by atoms with Crippen molar-refractivity contribution in [2.45, 2.75) is 33.0 Å². The average molecular weight is 617 g/mol. The minimum Gasteiger partial charge on any atom is -0.480 e. The number of pyridine rings is 2. The molecule has 0 saturated heterocycles. The molecule has 4 aromatic rings. The summed E-state index contributed by atoms with van der Waals surface area (Å²) in [5.41, 5.74) is -1.01. The monoisotopic (exact) mass is 616 g/mol. The largest absolute Gasteiger partial charge is 0.480 e. The molecule has 11 nitrogen and oxygen atoms in total. The first-order valence-corrected chi connectivity index (χ1v) is 13.9. The van der Waals surface area contributed by atoms with Crippen molar-refractivity contribution in [3.05, 3.63) is 63.5 Å². The number of aromatic nitrogens is 3. The van der Waals surface area contributed by atoms with Crippen LogP contribution in [0.1, 0.15) is 42.9 Å². The third-order valence-electron chi connectivity index (χ3n) is 6.51. The van der Waals surface area contributed by atoms with E-state index in [1.807, 2.05) is 0 Å². The van der Waals surface area contributed by atoms with Crippen molar-refractivity contribution in [2.75, 3.05) is 18.9 Å². The van der Waals surface area contributed by atoms with Crippen LogP contribution in [0.25, 0.3) is 32.6 Å². The molecule has 0 aliphatic heterocycles. The van der Waals surface area contributed by atoms with Gasteiger partial charge in [0, 0.05) is 47.9 Å². The summed E-state index contributed by atoms with van der Waals surface area (Å²) in [5.74, 6) is -2.27. The van der Waals surface area contributed by atoms with E-state index in [1.54, 1.807) is 26.8 Å². The number of carboxylic acids is 1. The molecular weight excluding hydrogens is 589 g/mol. The van der Waals surface area contributed by atoms with E-state index in [0.29, 0.717) is 12.1 Å². The minimum atomic E-state index is -4.69. The number of carbonyl (C=O) groups excluding carboxylic acids is 2. The Morgan fingerprint density at radius 2 is 1.86 bits per heavy atom. The number of alkyl halides is 3. The Bertz CT molecular complexity index is 1780. The molecule has 3 heterocycles. The van der Waals surface area contributed by atoms with E-state index < -0.39 is 47.2 Å². The van der Waals surface area contributed by atoms with E-state index in [1.165, 1.54) is 42.2 Å². The zero-order valence-electron chi connectivity index (χ0n) is 23.4. The summed E-state index contributed by atoms with van der Waals surface area (Å²) < 4.78 is 41.6. The zero-order chi connectivity index (χ0) is 31.6. The van der Waals surface area contributed by atoms with Gasteiger partial charge in [0.05, 0.1) is 5.52 Å². The summed E-state index contributed by atoms with van der Waals surface area (Å²) >= 11 is 0.734. The molecule has 0 spiro atoms. The molecule has 0 aliphatic carbocycles. The second-order valence-corrected chi connectivity index (χ2v) is 10.6. The van der Waals surface area contributed by atoms with Gasteiger partial charge in [0.2, 0.25) is 5.43 Å². The second kappa shape index (κ2) is 12.2. The van der Waals surface area contributed by atoms with Crippen LogP contribution in [0.4, 0.5) is 23.8 Å². The quantitative estimate of drug-likeness (QED) is 0.217. The van der Waals surface area contributed by atoms with Gasteiger partial charge in [-0.05, 0) is 36.6 Å². The van der Waals surface area contributed by atoms with Crippen molar-refractivity contribution >= 4 is 46.0 Å². The first kappa shape index (κ1) is 31.2. The van der Waals surface area contributed by atoms with Crippen molar-refractivity contribution in [1.29, 1.82) is 0 Å². The first-order chi connectivity index (χ1) is 20.3. The third-order valence-corrected chi connectivity index (χ3v) is 7.38. The second-order valence-electron chi connectivity index (χ2n) is 9.75. The van der Waals surface area contributed by atoms with Gasteiger partial charge >= 0.3 is 18.2 Å². The van der Waals surface area contributed by atoms with Crippen LogP contribution in [0, 0.1) is 5.92 Å². The molecule has 226 valence electrons. The number of hydrogen-bond donors (Lipinski definition) is 4. The summed E-state index contributed by atoms with van der Waals surface area (Å²) in [6.45, 7) is 5.41. The molecule has 0 aliphatic rings. The van der Waals surface area contributed by atoms with Crippen LogP contribution in [0.2, 0.25) is 0 Å². The number of fused-ring (bicyclic) bond motifs is 1. The summed E-state index contributed by atoms with van der Waals surface area (Å²) in [6.07, 6.45) is -2.15. The van der Waals surface area contributed by atoms with Crippen LogP contribution >= 0.6 is 11.3 Å². The highest BCUT2D eigenvalue weighted by atomic mass is 32.1. The number of nitrogens with zero attached hydrogens (tertiary/aromatic N) is 3. The number of halogens is 3. The fraction of sp³-hybridized carbons (Fsp3) is 0.286. The van der Waals surface area contributed by atoms with Gasteiger partial charge in [-0.25, -0.2) is 19.6 Å². The predicted molar refractivity (Wildman–Crippen MR) is 155 cm³/mol. The molecule has 1 unspecified atom stereocenters. The number of benzene rings is 1. The molecule has 1 atom stereocenters. The number of rotatable bonds is 8. The molecule has 3 amide bonds. The molecule has 0 fully saturated rings. The fourth-order valence-electron chi connectivity index (χ4n) is 4.55. The third kappa shape index (κ3) is 6.35. The number of nitrogens with one attached hydrogen (secondary N) is 3. The summed E-state index contributed by atoms with van der Waals surface area (Å²) in [5, 5.41) is 18.2. The highest BCUT2D eigenvalue weighted by Crippen LogP contribution is 2.39. The predicted octanol–water partition coefficient (Wildman–Crippen LogP) is 4.99. The van der Waals surface area contributed by atoms with Gasteiger partial charge in [0.25, 0.3) is 5.91 Å². The van der Waals surface area contributed by atoms with Crippen LogP contribution in [0.3, 0.4) is 0 Å². The number of thiazole rings is 1. The lowest BCUT2D eigenvalue weighted by molar-refractivity contribution is -0.142. The Kier molecular flexibility index (Phi) is 8.85. The Balaban J connectivity index is 1.99. The van der Waals surface area contributed by atoms with Crippen molar-refractivity contribution in [3.8, 4) is 21.7 Å². The number of urea groups is 1. The Morgan fingerprint density at radius 1 is 1.14 bits per heavy atom. The maximum atomic E-state index is 13.5. The molecule has 4 N–H and O–H groups in total. The van der Waals surface area contributed by atoms with Crippen molar-refractivity contribution < 1.29 is 32.7 Å². The molecule has 15 heteroatoms. The summed E-state index contributed by atoms with van der Waals surface area (Å²) in [7, 11) is 1.33. The minimum absolute atomic E-state index is 0.0103. The lowest BCUT2D eigenvalue weighted by atomic mass is 9.97. The van der Waals surface area contributed by atoms with E-state index in [4.69, 9.17) is 0 Å². The normalized spacial score (nSPS) is 12.3. The highest BCUT2D eigenvalue weighted by molar-refractivity contribution is 7.13. The number of anilines is 1. The fourth-order valence-corrected chi connectivity index (χ4v) is 5.41. The SMILES string of the molecule is CCNC(=O)Nc1cc(-c2nc(C(F)(F)F)cs2)c(-c2ccc3c(c2)c(=O)c(C(=O)NC)cn3C(C(=O)O)C(C)C)cn1. The molecular formula is C28H27F3N6O5S. The summed E-state index contributed by atoms with van der Waals surface area (Å²) in [6, 6.07) is 4.17. The van der Waals surface area contributed by atoms with Gasteiger partial charge in [-0.2, -0.15) is 13.2 Å². The first-order valence-electron chi connectivity index (χ1n) is 13.0. The van der Waals surface area contributed by atoms with Crippen molar-refractivity contribution in [3.63, 3.8) is 0 Å². The van der Waals surface area contributed by atoms with Gasteiger partial charge < -0.3 is 20.3 Å². The number of amides is 3. The van der Waals surface area contributed by atoms with Gasteiger partial charge in [0.15, 0.2) is 5.69 Å². The molecule has 1 aromatic carbocycles. The van der Waals surface area contributed by atoms with E-state index >= 15 is 0 Å². The van der Waals surface area contributed by atoms with E-state index in [9.17, 15) is 37.5 Å². The molecule has 0 saturated carbocycles. The van der Waals surface area contributed by atoms with Gasteiger partial charge in [-0.1, -0.05) is 19.9 Å². The van der Waals surface area contributed by atoms with Crippen LogP contribution in [0.5, 0.6) is 0 Å². The van der Waals surface area contributed by atoms with Gasteiger partial charge in [-0.15, -0.1) is 11.3 Å². The number of carboxylic acid groups (broad SMARTS) is 1. The summed E-state index contributed by atoms with van der Waals surface area (Å²) in [4.78, 5) is 58.4. The Morgan fingerprint density at radius 3 is 2.44 bits per heavy atom. The standard InChI is InChI=1S/C28H27F3N6O5S/c1-5-33-27(42)36-21-9-15(25-35-20(12-43-25)28(29,30)31)17(10-34-21)14-6-7-19-16(8-14)23(38)18(24(39)32-4)11-37(19)22(13(2)3)26(40)41/h6-13,22H,5H2,1-4H3,(H,32,39)(H,40,41)(H2,33,34,36,42). The topological polar surface area (TPSA) is 155 Å². The molecule has 0 radical (unpaired) electrons. The molecule has 43 heavy (non-hydrogen) atoms. The van der Waals surface area contributed by atoms with Crippen LogP contribution in [-0.4, -0.2) is 51.1 Å². The zero-order valence-corrected chi connectivity index (χ0v) is 24.2. The maximum Gasteiger partial charge on any atom is 0.434 e. The maximum absolute atomic E-state index is 13.5. The molecule has 4 rings (SSSR count). The average Bonchev–Trinajstić information content (AvgIpc) is 3.45. The number of aliphatic carboxylic acids is 1. The lowest BCUT2D eigenvalue weighted by Crippen LogP contribution is -2.31. The smallest absolute Gasteiger partial charge is 0.434 e. The van der Waals surface area contributed by atoms with Crippen molar-refractivity contribution in [2.24, 2.45) is 5.92 Å². The van der Waals surface area contributed by atoms with Gasteiger partial charge in [-0.3, -0.25) is 14.9 Å². The van der Waals surface area contributed by atoms with Crippen LogP contribution in [0.15, 0.2) is 46.8 Å². The van der Waals surface area contributed by atoms with E-state index in [0.717, 1.165) is 16.7 Å². The highest BCUT2D eigenvalue weighted by Gasteiger charge is 2.34. The Labute approximate surface area is 246 Å². The van der Waals surface area contributed by atoms with E-state index in [-0.39, 0.29) is 38.4 Å². The van der Waals surface area contributed by atoms with Crippen LogP contribution < -0.4 is 21.4 Å². The van der Waals surface area contributed by atoms with Gasteiger partial charge in [0.1, 0.15) is 22.4 Å².